The number of nitro groups is 1. The molecule has 0 aliphatic carbocycles. The molecule has 0 amide bonds. The first-order chi connectivity index (χ1) is 5.88. The molecule has 7 nitrogen and oxygen atoms in total. The molecule has 7 heteroatoms. The molecule has 0 aromatic heterocycles. The van der Waals surface area contributed by atoms with Crippen LogP contribution in [0.1, 0.15) is 13.8 Å². The van der Waals surface area contributed by atoms with Gasteiger partial charge in [0.1, 0.15) is 6.61 Å². The lowest BCUT2D eigenvalue weighted by atomic mass is 9.93. The van der Waals surface area contributed by atoms with E-state index in [1.807, 2.05) is 0 Å². The van der Waals surface area contributed by atoms with Gasteiger partial charge in [0.25, 0.3) is 5.54 Å². The number of ether oxygens (including phenoxy) is 1. The van der Waals surface area contributed by atoms with E-state index in [4.69, 9.17) is 4.74 Å². The first-order valence-electron chi connectivity index (χ1n) is 3.68. The van der Waals surface area contributed by atoms with Gasteiger partial charge >= 0.3 is 0 Å². The number of nitrogens with zero attached hydrogens (tertiary/aromatic N) is 2. The second-order valence-electron chi connectivity index (χ2n) is 3.25. The molecule has 1 fully saturated rings. The fourth-order valence-corrected chi connectivity index (χ4v) is 1.15. The van der Waals surface area contributed by atoms with Crippen LogP contribution in [0.15, 0.2) is 0 Å². The molecule has 1 aliphatic rings. The third-order valence-corrected chi connectivity index (χ3v) is 2.61. The summed E-state index contributed by atoms with van der Waals surface area (Å²) in [5, 5.41) is 22.0. The van der Waals surface area contributed by atoms with E-state index in [0.29, 0.717) is 0 Å². The summed E-state index contributed by atoms with van der Waals surface area (Å²) in [5.41, 5.74) is -3.11. The van der Waals surface area contributed by atoms with Crippen LogP contribution in [0.4, 0.5) is 0 Å². The lowest BCUT2D eigenvalue weighted by molar-refractivity contribution is -0.586. The van der Waals surface area contributed by atoms with Crippen LogP contribution in [0, 0.1) is 15.3 Å². The predicted octanol–water partition coefficient (Wildman–Crippen LogP) is 0.129. The largest absolute Gasteiger partial charge is 0.760 e. The summed E-state index contributed by atoms with van der Waals surface area (Å²) in [6, 6.07) is 0. The Kier molecular flexibility index (Phi) is 2.28. The Morgan fingerprint density at radius 1 is 1.62 bits per heavy atom. The maximum atomic E-state index is 11.1. The highest BCUT2D eigenvalue weighted by atomic mass is 16.9. The Hall–Kier alpha value is -0.760. The van der Waals surface area contributed by atoms with Gasteiger partial charge < -0.3 is 14.8 Å². The van der Waals surface area contributed by atoms with Crippen molar-refractivity contribution in [3.8, 4) is 0 Å². The topological polar surface area (TPSA) is 87.9 Å². The standard InChI is InChI=1S/C6H11N2O5/c1-5(7(9)10)4-13-8(11)6(5,2)12-3/h4H2,1-3H3/q-1. The summed E-state index contributed by atoms with van der Waals surface area (Å²) in [6.45, 7) is 2.36. The average molecular weight is 191 g/mol. The van der Waals surface area contributed by atoms with Crippen molar-refractivity contribution in [3.05, 3.63) is 15.3 Å². The highest BCUT2D eigenvalue weighted by molar-refractivity contribution is 4.97. The maximum Gasteiger partial charge on any atom is 0.286 e. The lowest BCUT2D eigenvalue weighted by Crippen LogP contribution is -2.59. The second-order valence-corrected chi connectivity index (χ2v) is 3.25. The average Bonchev–Trinajstić information content (AvgIpc) is 2.32. The molecule has 0 radical (unpaired) electrons. The van der Waals surface area contributed by atoms with E-state index >= 15 is 0 Å². The van der Waals surface area contributed by atoms with E-state index in [-0.39, 0.29) is 11.8 Å². The van der Waals surface area contributed by atoms with Crippen LogP contribution in [0.25, 0.3) is 0 Å². The Morgan fingerprint density at radius 3 is 2.46 bits per heavy atom. The van der Waals surface area contributed by atoms with Gasteiger partial charge in [-0.3, -0.25) is 10.1 Å². The first kappa shape index (κ1) is 10.3. The van der Waals surface area contributed by atoms with Gasteiger partial charge in [0.15, 0.2) is 0 Å². The van der Waals surface area contributed by atoms with E-state index < -0.39 is 16.2 Å². The van der Waals surface area contributed by atoms with Gasteiger partial charge in [-0.15, -0.1) is 0 Å². The highest BCUT2D eigenvalue weighted by Gasteiger charge is 2.62. The van der Waals surface area contributed by atoms with Crippen molar-refractivity contribution < 1.29 is 14.5 Å². The molecule has 0 aromatic rings. The maximum absolute atomic E-state index is 11.1. The Morgan fingerprint density at radius 2 is 2.15 bits per heavy atom. The quantitative estimate of drug-likeness (QED) is 0.455. The van der Waals surface area contributed by atoms with Crippen molar-refractivity contribution >= 4 is 0 Å². The molecule has 0 aromatic carbocycles. The molecular weight excluding hydrogens is 180 g/mol. The third kappa shape index (κ3) is 1.12. The van der Waals surface area contributed by atoms with E-state index in [9.17, 15) is 15.3 Å². The van der Waals surface area contributed by atoms with E-state index in [1.165, 1.54) is 21.0 Å². The Labute approximate surface area is 74.9 Å². The molecule has 1 saturated heterocycles. The molecular formula is C6H11N2O5-. The highest BCUT2D eigenvalue weighted by Crippen LogP contribution is 2.37. The molecule has 0 N–H and O–H groups in total. The van der Waals surface area contributed by atoms with Gasteiger partial charge in [-0.25, -0.2) is 5.23 Å². The minimum absolute atomic E-state index is 0.135. The molecule has 0 spiro atoms. The van der Waals surface area contributed by atoms with Gasteiger partial charge in [0, 0.05) is 19.0 Å². The summed E-state index contributed by atoms with van der Waals surface area (Å²) >= 11 is 0. The van der Waals surface area contributed by atoms with Crippen LogP contribution in [-0.2, 0) is 9.57 Å². The van der Waals surface area contributed by atoms with Crippen molar-refractivity contribution in [2.75, 3.05) is 13.7 Å². The van der Waals surface area contributed by atoms with Gasteiger partial charge in [0.2, 0.25) is 5.72 Å². The van der Waals surface area contributed by atoms with Crippen molar-refractivity contribution in [3.63, 3.8) is 0 Å². The fourth-order valence-electron chi connectivity index (χ4n) is 1.15. The monoisotopic (exact) mass is 191 g/mol. The van der Waals surface area contributed by atoms with E-state index in [2.05, 4.69) is 4.84 Å². The summed E-state index contributed by atoms with van der Waals surface area (Å²) in [7, 11) is 1.24. The number of rotatable bonds is 2. The molecule has 1 aliphatic heterocycles. The van der Waals surface area contributed by atoms with E-state index in [0.717, 1.165) is 0 Å². The van der Waals surface area contributed by atoms with Crippen molar-refractivity contribution in [2.45, 2.75) is 25.1 Å². The number of methoxy groups -OCH3 is 1. The smallest absolute Gasteiger partial charge is 0.286 e. The zero-order valence-electron chi connectivity index (χ0n) is 7.64. The number of hydroxylamine groups is 2. The summed E-state index contributed by atoms with van der Waals surface area (Å²) in [4.78, 5) is 14.7. The van der Waals surface area contributed by atoms with Crippen molar-refractivity contribution in [2.24, 2.45) is 0 Å². The normalized spacial score (nSPS) is 40.9. The molecule has 2 unspecified atom stereocenters. The fraction of sp³-hybridized carbons (Fsp3) is 1.00. The minimum atomic E-state index is -1.57. The summed E-state index contributed by atoms with van der Waals surface area (Å²) < 4.78 is 4.83. The van der Waals surface area contributed by atoms with Gasteiger partial charge in [-0.05, 0) is 6.92 Å². The van der Waals surface area contributed by atoms with Crippen LogP contribution >= 0.6 is 0 Å². The summed E-state index contributed by atoms with van der Waals surface area (Å²) in [5.74, 6) is 0. The molecule has 76 valence electrons. The molecule has 1 rings (SSSR count). The van der Waals surface area contributed by atoms with Crippen LogP contribution in [0.2, 0.25) is 0 Å². The second kappa shape index (κ2) is 2.88. The van der Waals surface area contributed by atoms with E-state index in [1.54, 1.807) is 0 Å². The molecule has 0 saturated carbocycles. The Bertz CT molecular complexity index is 235. The van der Waals surface area contributed by atoms with Gasteiger partial charge in [-0.2, -0.15) is 0 Å². The molecule has 1 heterocycles. The number of hydrogen-bond acceptors (Lipinski definition) is 6. The minimum Gasteiger partial charge on any atom is -0.760 e. The van der Waals surface area contributed by atoms with Gasteiger partial charge in [0.05, 0.1) is 0 Å². The van der Waals surface area contributed by atoms with Crippen LogP contribution < -0.4 is 0 Å². The lowest BCUT2D eigenvalue weighted by Gasteiger charge is -2.39. The molecule has 13 heavy (non-hydrogen) atoms. The van der Waals surface area contributed by atoms with Crippen molar-refractivity contribution in [1.82, 2.24) is 5.23 Å². The van der Waals surface area contributed by atoms with Crippen molar-refractivity contribution in [1.29, 1.82) is 0 Å². The number of hydrogen-bond donors (Lipinski definition) is 0. The molecule has 0 bridgehead atoms. The zero-order valence-corrected chi connectivity index (χ0v) is 7.64. The van der Waals surface area contributed by atoms with Gasteiger partial charge in [-0.1, -0.05) is 0 Å². The molecule has 2 atom stereocenters. The zero-order chi connectivity index (χ0) is 10.3. The summed E-state index contributed by atoms with van der Waals surface area (Å²) in [6.07, 6.45) is 0. The SMILES string of the molecule is COC1(C)N([O-])OCC1(C)[N+](=O)[O-]. The van der Waals surface area contributed by atoms with Crippen LogP contribution in [0.3, 0.4) is 0 Å². The Balaban J connectivity index is 3.06. The first-order valence-corrected chi connectivity index (χ1v) is 3.68. The predicted molar refractivity (Wildman–Crippen MR) is 42.0 cm³/mol. The van der Waals surface area contributed by atoms with Crippen LogP contribution in [-0.4, -0.2) is 35.1 Å². The third-order valence-electron chi connectivity index (χ3n) is 2.61. The van der Waals surface area contributed by atoms with Crippen LogP contribution in [0.5, 0.6) is 0 Å².